The summed E-state index contributed by atoms with van der Waals surface area (Å²) in [5.74, 6) is 0.959. The Morgan fingerprint density at radius 2 is 1.77 bits per heavy atom. The molecule has 1 aliphatic rings. The number of aryl methyl sites for hydroxylation is 1. The fourth-order valence-electron chi connectivity index (χ4n) is 3.98. The van der Waals surface area contributed by atoms with Crippen molar-refractivity contribution in [2.75, 3.05) is 36.4 Å². The number of carbonyl (C=O) groups excluding carboxylic acids is 1. The number of urea groups is 1. The van der Waals surface area contributed by atoms with E-state index in [1.54, 1.807) is 0 Å². The van der Waals surface area contributed by atoms with Crippen LogP contribution in [0.4, 0.5) is 16.3 Å². The molecule has 1 saturated heterocycles. The van der Waals surface area contributed by atoms with E-state index in [2.05, 4.69) is 32.9 Å². The van der Waals surface area contributed by atoms with Gasteiger partial charge in [-0.25, -0.2) is 9.78 Å². The number of para-hydroxylation sites is 2. The van der Waals surface area contributed by atoms with Gasteiger partial charge in [-0.15, -0.1) is 0 Å². The van der Waals surface area contributed by atoms with E-state index in [1.807, 2.05) is 54.3 Å². The van der Waals surface area contributed by atoms with Gasteiger partial charge in [-0.3, -0.25) is 0 Å². The van der Waals surface area contributed by atoms with Crippen molar-refractivity contribution >= 4 is 45.7 Å². The standard InChI is InChI=1S/C23H22ClN5O/c1-16-8-9-18(17(24)15-16)26-23(30)28-13-11-27(12-14-28)22-21-7-4-10-29(21)20-6-3-2-5-19(20)25-22/h2-10,15H,11-14H2,1H3,(H,26,30). The zero-order valence-electron chi connectivity index (χ0n) is 16.7. The molecule has 0 radical (unpaired) electrons. The van der Waals surface area contributed by atoms with Crippen molar-refractivity contribution in [1.82, 2.24) is 14.3 Å². The third-order valence-electron chi connectivity index (χ3n) is 5.58. The van der Waals surface area contributed by atoms with E-state index in [-0.39, 0.29) is 6.03 Å². The Bertz CT molecular complexity index is 1240. The van der Waals surface area contributed by atoms with Gasteiger partial charge >= 0.3 is 6.03 Å². The van der Waals surface area contributed by atoms with E-state index in [0.717, 1.165) is 41.0 Å². The van der Waals surface area contributed by atoms with Crippen molar-refractivity contribution in [2.24, 2.45) is 0 Å². The molecule has 0 bridgehead atoms. The number of halogens is 1. The second-order valence-electron chi connectivity index (χ2n) is 7.58. The summed E-state index contributed by atoms with van der Waals surface area (Å²) >= 11 is 6.26. The molecule has 2 amide bonds. The van der Waals surface area contributed by atoms with E-state index in [9.17, 15) is 4.79 Å². The molecule has 0 aliphatic carbocycles. The molecule has 2 aromatic carbocycles. The molecular weight excluding hydrogens is 398 g/mol. The first-order chi connectivity index (χ1) is 14.6. The molecule has 1 N–H and O–H groups in total. The largest absolute Gasteiger partial charge is 0.351 e. The maximum atomic E-state index is 12.7. The Labute approximate surface area is 179 Å². The number of rotatable bonds is 2. The van der Waals surface area contributed by atoms with Crippen LogP contribution in [-0.2, 0) is 0 Å². The summed E-state index contributed by atoms with van der Waals surface area (Å²) < 4.78 is 2.18. The molecule has 2 aromatic heterocycles. The monoisotopic (exact) mass is 419 g/mol. The van der Waals surface area contributed by atoms with Gasteiger partial charge in [0.15, 0.2) is 5.82 Å². The Kier molecular flexibility index (Phi) is 4.71. The molecule has 0 unspecified atom stereocenters. The summed E-state index contributed by atoms with van der Waals surface area (Å²) in [6, 6.07) is 17.8. The van der Waals surface area contributed by atoms with Gasteiger partial charge in [-0.05, 0) is 48.9 Å². The van der Waals surface area contributed by atoms with Crippen LogP contribution in [0.25, 0.3) is 16.6 Å². The van der Waals surface area contributed by atoms with Crippen LogP contribution in [0.3, 0.4) is 0 Å². The molecule has 5 rings (SSSR count). The lowest BCUT2D eigenvalue weighted by atomic mass is 10.2. The molecule has 30 heavy (non-hydrogen) atoms. The molecule has 4 aromatic rings. The molecule has 1 fully saturated rings. The summed E-state index contributed by atoms with van der Waals surface area (Å²) in [7, 11) is 0. The molecule has 0 saturated carbocycles. The maximum absolute atomic E-state index is 12.7. The highest BCUT2D eigenvalue weighted by Crippen LogP contribution is 2.27. The van der Waals surface area contributed by atoms with Crippen molar-refractivity contribution in [2.45, 2.75) is 6.92 Å². The minimum Gasteiger partial charge on any atom is -0.351 e. The van der Waals surface area contributed by atoms with E-state index >= 15 is 0 Å². The predicted octanol–water partition coefficient (Wildman–Crippen LogP) is 4.80. The lowest BCUT2D eigenvalue weighted by Crippen LogP contribution is -2.50. The highest BCUT2D eigenvalue weighted by atomic mass is 35.5. The number of piperazine rings is 1. The maximum Gasteiger partial charge on any atom is 0.322 e. The van der Waals surface area contributed by atoms with Crippen LogP contribution in [0.5, 0.6) is 0 Å². The van der Waals surface area contributed by atoms with Gasteiger partial charge in [-0.2, -0.15) is 0 Å². The molecule has 152 valence electrons. The summed E-state index contributed by atoms with van der Waals surface area (Å²) in [5, 5.41) is 3.48. The van der Waals surface area contributed by atoms with Gasteiger partial charge < -0.3 is 19.5 Å². The number of hydrogen-bond donors (Lipinski definition) is 1. The number of anilines is 2. The van der Waals surface area contributed by atoms with Gasteiger partial charge in [0, 0.05) is 32.4 Å². The molecule has 3 heterocycles. The van der Waals surface area contributed by atoms with Gasteiger partial charge in [0.1, 0.15) is 0 Å². The number of hydrogen-bond acceptors (Lipinski definition) is 3. The number of carbonyl (C=O) groups is 1. The van der Waals surface area contributed by atoms with Crippen LogP contribution in [0, 0.1) is 6.92 Å². The van der Waals surface area contributed by atoms with Gasteiger partial charge in [-0.1, -0.05) is 29.8 Å². The van der Waals surface area contributed by atoms with Crippen LogP contribution < -0.4 is 10.2 Å². The fraction of sp³-hybridized carbons (Fsp3) is 0.217. The first kappa shape index (κ1) is 18.8. The topological polar surface area (TPSA) is 52.9 Å². The number of aromatic nitrogens is 2. The number of nitrogens with zero attached hydrogens (tertiary/aromatic N) is 4. The van der Waals surface area contributed by atoms with Crippen molar-refractivity contribution in [3.8, 4) is 0 Å². The van der Waals surface area contributed by atoms with Crippen LogP contribution in [-0.4, -0.2) is 46.5 Å². The molecule has 6 nitrogen and oxygen atoms in total. The third kappa shape index (κ3) is 3.33. The van der Waals surface area contributed by atoms with Crippen molar-refractivity contribution in [3.05, 3.63) is 71.4 Å². The predicted molar refractivity (Wildman–Crippen MR) is 122 cm³/mol. The Balaban J connectivity index is 1.33. The average Bonchev–Trinajstić information content (AvgIpc) is 3.25. The van der Waals surface area contributed by atoms with Gasteiger partial charge in [0.2, 0.25) is 0 Å². The summed E-state index contributed by atoms with van der Waals surface area (Å²) in [6.45, 7) is 4.66. The molecule has 0 atom stereocenters. The lowest BCUT2D eigenvalue weighted by molar-refractivity contribution is 0.208. The first-order valence-electron chi connectivity index (χ1n) is 10.0. The van der Waals surface area contributed by atoms with Crippen molar-refractivity contribution < 1.29 is 4.79 Å². The highest BCUT2D eigenvalue weighted by molar-refractivity contribution is 6.33. The highest BCUT2D eigenvalue weighted by Gasteiger charge is 2.24. The first-order valence-corrected chi connectivity index (χ1v) is 10.4. The lowest BCUT2D eigenvalue weighted by Gasteiger charge is -2.35. The van der Waals surface area contributed by atoms with E-state index < -0.39 is 0 Å². The van der Waals surface area contributed by atoms with E-state index in [4.69, 9.17) is 16.6 Å². The SMILES string of the molecule is Cc1ccc(NC(=O)N2CCN(c3nc4ccccc4n4cccc34)CC2)c(Cl)c1. The molecule has 1 aliphatic heterocycles. The third-order valence-corrected chi connectivity index (χ3v) is 5.89. The number of amides is 2. The van der Waals surface area contributed by atoms with Crippen LogP contribution in [0.2, 0.25) is 5.02 Å². The Hall–Kier alpha value is -3.25. The quantitative estimate of drug-likeness (QED) is 0.507. The van der Waals surface area contributed by atoms with Crippen molar-refractivity contribution in [1.29, 1.82) is 0 Å². The van der Waals surface area contributed by atoms with Gasteiger partial charge in [0.05, 0.1) is 27.3 Å². The summed E-state index contributed by atoms with van der Waals surface area (Å²) in [6.07, 6.45) is 2.07. The van der Waals surface area contributed by atoms with Crippen LogP contribution in [0.15, 0.2) is 60.8 Å². The molecular formula is C23H22ClN5O. The Morgan fingerprint density at radius 3 is 2.57 bits per heavy atom. The zero-order chi connectivity index (χ0) is 20.7. The molecule has 0 spiro atoms. The number of nitrogens with one attached hydrogen (secondary N) is 1. The van der Waals surface area contributed by atoms with Crippen LogP contribution in [0.1, 0.15) is 5.56 Å². The summed E-state index contributed by atoms with van der Waals surface area (Å²) in [5.41, 5.74) is 4.84. The number of benzene rings is 2. The minimum absolute atomic E-state index is 0.125. The Morgan fingerprint density at radius 1 is 1.00 bits per heavy atom. The fourth-order valence-corrected chi connectivity index (χ4v) is 4.26. The smallest absolute Gasteiger partial charge is 0.322 e. The van der Waals surface area contributed by atoms with E-state index in [0.29, 0.717) is 23.8 Å². The van der Waals surface area contributed by atoms with Gasteiger partial charge in [0.25, 0.3) is 0 Å². The average molecular weight is 420 g/mol. The minimum atomic E-state index is -0.125. The van der Waals surface area contributed by atoms with Crippen LogP contribution >= 0.6 is 11.6 Å². The summed E-state index contributed by atoms with van der Waals surface area (Å²) in [4.78, 5) is 21.7. The van der Waals surface area contributed by atoms with E-state index in [1.165, 1.54) is 0 Å². The molecule has 7 heteroatoms. The number of fused-ring (bicyclic) bond motifs is 3. The second kappa shape index (κ2) is 7.54. The zero-order valence-corrected chi connectivity index (χ0v) is 17.4. The normalized spacial score (nSPS) is 14.5. The second-order valence-corrected chi connectivity index (χ2v) is 7.98. The van der Waals surface area contributed by atoms with Crippen molar-refractivity contribution in [3.63, 3.8) is 0 Å².